The molecule has 3 aromatic heterocycles. The fourth-order valence-corrected chi connectivity index (χ4v) is 8.87. The molecule has 3 nitrogen and oxygen atoms in total. The predicted octanol–water partition coefficient (Wildman–Crippen LogP) is 12.7. The molecule has 256 valence electrons. The van der Waals surface area contributed by atoms with Gasteiger partial charge < -0.3 is 0 Å². The predicted molar refractivity (Wildman–Crippen MR) is 226 cm³/mol. The number of aromatic nitrogens is 3. The van der Waals surface area contributed by atoms with E-state index in [9.17, 15) is 0 Å². The van der Waals surface area contributed by atoms with Gasteiger partial charge in [0.05, 0.1) is 33.4 Å². The van der Waals surface area contributed by atoms with Gasteiger partial charge >= 0.3 is 0 Å². The first-order valence-electron chi connectivity index (χ1n) is 18.8. The van der Waals surface area contributed by atoms with Gasteiger partial charge in [0.2, 0.25) is 0 Å². The summed E-state index contributed by atoms with van der Waals surface area (Å²) in [6.07, 6.45) is 1.86. The van der Waals surface area contributed by atoms with Crippen molar-refractivity contribution < 1.29 is 0 Å². The Kier molecular flexibility index (Phi) is 7.08. The molecule has 0 radical (unpaired) electrons. The van der Waals surface area contributed by atoms with Crippen LogP contribution < -0.4 is 0 Å². The third-order valence-corrected chi connectivity index (χ3v) is 11.4. The second kappa shape index (κ2) is 12.4. The van der Waals surface area contributed by atoms with E-state index in [0.29, 0.717) is 0 Å². The molecule has 3 heteroatoms. The van der Waals surface area contributed by atoms with Gasteiger partial charge in [-0.15, -0.1) is 0 Å². The fraction of sp³-hybridized carbons (Fsp3) is 0.0192. The lowest BCUT2D eigenvalue weighted by atomic mass is 9.67. The first-order valence-corrected chi connectivity index (χ1v) is 18.8. The van der Waals surface area contributed by atoms with Gasteiger partial charge in [-0.2, -0.15) is 0 Å². The SMILES string of the molecule is c1ccc(-c2ccc3ccc4ccc(-c5cc6c(cc5-c5ccc7ncccc7c5)C(c5ccccc5)(c5ccccc5)c5ccccc5-6)nc4c3n2)cc1. The zero-order valence-electron chi connectivity index (χ0n) is 29.9. The van der Waals surface area contributed by atoms with Crippen molar-refractivity contribution in [1.29, 1.82) is 0 Å². The molecule has 55 heavy (non-hydrogen) atoms. The van der Waals surface area contributed by atoms with Gasteiger partial charge in [0.25, 0.3) is 0 Å². The Bertz CT molecular complexity index is 3040. The minimum absolute atomic E-state index is 0.523. The lowest BCUT2D eigenvalue weighted by Gasteiger charge is -2.34. The Labute approximate surface area is 319 Å². The molecule has 10 aromatic rings. The summed E-state index contributed by atoms with van der Waals surface area (Å²) in [6, 6.07) is 69.8. The van der Waals surface area contributed by atoms with Crippen LogP contribution >= 0.6 is 0 Å². The molecule has 0 unspecified atom stereocenters. The van der Waals surface area contributed by atoms with Crippen LogP contribution in [-0.4, -0.2) is 15.0 Å². The molecule has 0 saturated carbocycles. The maximum absolute atomic E-state index is 5.52. The fourth-order valence-electron chi connectivity index (χ4n) is 8.87. The highest BCUT2D eigenvalue weighted by atomic mass is 14.8. The van der Waals surface area contributed by atoms with Gasteiger partial charge in [0, 0.05) is 33.5 Å². The van der Waals surface area contributed by atoms with Crippen LogP contribution in [0.4, 0.5) is 0 Å². The molecule has 0 fully saturated rings. The summed E-state index contributed by atoms with van der Waals surface area (Å²) in [5.41, 5.74) is 16.0. The highest BCUT2D eigenvalue weighted by Crippen LogP contribution is 2.58. The van der Waals surface area contributed by atoms with E-state index >= 15 is 0 Å². The molecule has 11 rings (SSSR count). The van der Waals surface area contributed by atoms with Crippen molar-refractivity contribution in [1.82, 2.24) is 15.0 Å². The van der Waals surface area contributed by atoms with Crippen LogP contribution in [-0.2, 0) is 5.41 Å². The molecule has 0 atom stereocenters. The summed E-state index contributed by atoms with van der Waals surface area (Å²) in [6.45, 7) is 0. The second-order valence-electron chi connectivity index (χ2n) is 14.3. The Morgan fingerprint density at radius 3 is 1.69 bits per heavy atom. The zero-order valence-corrected chi connectivity index (χ0v) is 29.9. The van der Waals surface area contributed by atoms with E-state index < -0.39 is 5.41 Å². The Hall–Kier alpha value is -7.23. The third-order valence-electron chi connectivity index (χ3n) is 11.4. The minimum atomic E-state index is -0.523. The van der Waals surface area contributed by atoms with Crippen LogP contribution in [0.15, 0.2) is 200 Å². The lowest BCUT2D eigenvalue weighted by molar-refractivity contribution is 0.769. The number of hydrogen-bond acceptors (Lipinski definition) is 3. The number of pyridine rings is 3. The molecule has 0 bridgehead atoms. The van der Waals surface area contributed by atoms with Crippen LogP contribution in [0.3, 0.4) is 0 Å². The van der Waals surface area contributed by atoms with Crippen molar-refractivity contribution in [2.24, 2.45) is 0 Å². The summed E-state index contributed by atoms with van der Waals surface area (Å²) in [4.78, 5) is 15.4. The van der Waals surface area contributed by atoms with E-state index in [1.54, 1.807) is 0 Å². The molecule has 7 aromatic carbocycles. The van der Waals surface area contributed by atoms with E-state index in [1.807, 2.05) is 18.3 Å². The first-order chi connectivity index (χ1) is 27.3. The maximum Gasteiger partial charge on any atom is 0.0972 e. The summed E-state index contributed by atoms with van der Waals surface area (Å²) >= 11 is 0. The number of fused-ring (bicyclic) bond motifs is 7. The van der Waals surface area contributed by atoms with Crippen molar-refractivity contribution >= 4 is 32.7 Å². The average Bonchev–Trinajstić information content (AvgIpc) is 3.56. The number of benzene rings is 7. The molecule has 0 N–H and O–H groups in total. The molecule has 0 amide bonds. The molecular formula is C52H33N3. The largest absolute Gasteiger partial charge is 0.256 e. The second-order valence-corrected chi connectivity index (χ2v) is 14.3. The minimum Gasteiger partial charge on any atom is -0.256 e. The van der Waals surface area contributed by atoms with Crippen molar-refractivity contribution in [3.05, 3.63) is 223 Å². The maximum atomic E-state index is 5.52. The standard InChI is InChI=1S/C52H33N3/c1-4-13-34(14-5-1)48-28-24-35-22-23-36-25-29-49(55-51(36)50(35)54-48)44-32-43-41-20-10-11-21-45(41)52(39-16-6-2-7-17-39,40-18-8-3-9-19-40)46(43)33-42(44)37-26-27-47-38(31-37)15-12-30-53-47/h1-33H. The van der Waals surface area contributed by atoms with Gasteiger partial charge in [-0.25, -0.2) is 9.97 Å². The molecule has 0 saturated heterocycles. The molecule has 1 aliphatic rings. The number of nitrogens with zero attached hydrogens (tertiary/aromatic N) is 3. The van der Waals surface area contributed by atoms with Crippen molar-refractivity contribution in [3.8, 4) is 44.8 Å². The van der Waals surface area contributed by atoms with Crippen LogP contribution in [0.1, 0.15) is 22.3 Å². The zero-order chi connectivity index (χ0) is 36.3. The molecule has 0 aliphatic heterocycles. The monoisotopic (exact) mass is 699 g/mol. The summed E-state index contributed by atoms with van der Waals surface area (Å²) in [5, 5.41) is 3.23. The van der Waals surface area contributed by atoms with Crippen LogP contribution in [0.2, 0.25) is 0 Å². The van der Waals surface area contributed by atoms with Crippen molar-refractivity contribution in [3.63, 3.8) is 0 Å². The third kappa shape index (κ3) is 4.87. The molecule has 3 heterocycles. The smallest absolute Gasteiger partial charge is 0.0972 e. The van der Waals surface area contributed by atoms with E-state index in [2.05, 4.69) is 187 Å². The van der Waals surface area contributed by atoms with Gasteiger partial charge in [-0.3, -0.25) is 4.98 Å². The van der Waals surface area contributed by atoms with Gasteiger partial charge in [0.1, 0.15) is 0 Å². The normalized spacial score (nSPS) is 12.9. The lowest BCUT2D eigenvalue weighted by Crippen LogP contribution is -2.28. The van der Waals surface area contributed by atoms with E-state index in [0.717, 1.165) is 66.4 Å². The van der Waals surface area contributed by atoms with Gasteiger partial charge in [-0.05, 0) is 87.0 Å². The van der Waals surface area contributed by atoms with Crippen molar-refractivity contribution in [2.45, 2.75) is 5.41 Å². The summed E-state index contributed by atoms with van der Waals surface area (Å²) < 4.78 is 0. The number of hydrogen-bond donors (Lipinski definition) is 0. The van der Waals surface area contributed by atoms with Crippen LogP contribution in [0.25, 0.3) is 77.5 Å². The van der Waals surface area contributed by atoms with Crippen LogP contribution in [0, 0.1) is 0 Å². The Balaban J connectivity index is 1.23. The van der Waals surface area contributed by atoms with E-state index in [4.69, 9.17) is 9.97 Å². The first kappa shape index (κ1) is 31.3. The molecular weight excluding hydrogens is 667 g/mol. The molecule has 1 aliphatic carbocycles. The Morgan fingerprint density at radius 2 is 0.964 bits per heavy atom. The highest BCUT2D eigenvalue weighted by Gasteiger charge is 2.46. The highest BCUT2D eigenvalue weighted by molar-refractivity contribution is 6.05. The topological polar surface area (TPSA) is 38.7 Å². The van der Waals surface area contributed by atoms with Gasteiger partial charge in [0.15, 0.2) is 0 Å². The van der Waals surface area contributed by atoms with E-state index in [1.165, 1.54) is 33.4 Å². The Morgan fingerprint density at radius 1 is 0.345 bits per heavy atom. The average molecular weight is 700 g/mol. The number of rotatable bonds is 5. The van der Waals surface area contributed by atoms with E-state index in [-0.39, 0.29) is 0 Å². The molecule has 0 spiro atoms. The summed E-state index contributed by atoms with van der Waals surface area (Å²) in [5.74, 6) is 0. The van der Waals surface area contributed by atoms with Crippen molar-refractivity contribution in [2.75, 3.05) is 0 Å². The quantitative estimate of drug-likeness (QED) is 0.168. The van der Waals surface area contributed by atoms with Crippen LogP contribution in [0.5, 0.6) is 0 Å². The summed E-state index contributed by atoms with van der Waals surface area (Å²) in [7, 11) is 0. The van der Waals surface area contributed by atoms with Gasteiger partial charge in [-0.1, -0.05) is 152 Å².